The number of nitrogens with zero attached hydrogens (tertiary/aromatic N) is 3. The minimum atomic E-state index is 0.113. The maximum Gasteiger partial charge on any atom is 0.255 e. The summed E-state index contributed by atoms with van der Waals surface area (Å²) >= 11 is 0. The lowest BCUT2D eigenvalue weighted by molar-refractivity contribution is 0.0746. The highest BCUT2D eigenvalue weighted by molar-refractivity contribution is 5.96. The molecule has 3 aromatic rings. The highest BCUT2D eigenvalue weighted by atomic mass is 16.5. The van der Waals surface area contributed by atoms with E-state index >= 15 is 0 Å². The molecule has 0 radical (unpaired) electrons. The monoisotopic (exact) mass is 403 g/mol. The summed E-state index contributed by atoms with van der Waals surface area (Å²) in [5.41, 5.74) is 6.26. The Bertz CT molecular complexity index is 1060. The second-order valence-electron chi connectivity index (χ2n) is 7.91. The van der Waals surface area contributed by atoms with Gasteiger partial charge in [0, 0.05) is 43.3 Å². The number of hydrogen-bond donors (Lipinski definition) is 0. The quantitative estimate of drug-likeness (QED) is 0.649. The van der Waals surface area contributed by atoms with Crippen LogP contribution in [-0.4, -0.2) is 48.7 Å². The van der Waals surface area contributed by atoms with Gasteiger partial charge < -0.3 is 19.1 Å². The van der Waals surface area contributed by atoms with Crippen LogP contribution in [0.25, 0.3) is 5.69 Å². The molecule has 5 heteroatoms. The largest absolute Gasteiger partial charge is 0.495 e. The molecular formula is C25H29N3O2. The predicted molar refractivity (Wildman–Crippen MR) is 121 cm³/mol. The van der Waals surface area contributed by atoms with Gasteiger partial charge in [0.25, 0.3) is 5.91 Å². The zero-order valence-electron chi connectivity index (χ0n) is 18.2. The summed E-state index contributed by atoms with van der Waals surface area (Å²) < 4.78 is 7.67. The number of piperazine rings is 1. The number of carbonyl (C=O) groups is 1. The van der Waals surface area contributed by atoms with Crippen molar-refractivity contribution in [2.75, 3.05) is 38.2 Å². The van der Waals surface area contributed by atoms with Gasteiger partial charge in [0.1, 0.15) is 5.75 Å². The molecule has 30 heavy (non-hydrogen) atoms. The number of ether oxygens (including phenoxy) is 1. The number of anilines is 1. The Hall–Kier alpha value is -3.21. The Balaban J connectivity index is 1.52. The molecule has 0 aliphatic carbocycles. The lowest BCUT2D eigenvalue weighted by atomic mass is 10.1. The molecule has 2 heterocycles. The Morgan fingerprint density at radius 3 is 2.33 bits per heavy atom. The molecule has 1 aromatic heterocycles. The first kappa shape index (κ1) is 20.1. The molecule has 0 bridgehead atoms. The normalized spacial score (nSPS) is 14.1. The van der Waals surface area contributed by atoms with E-state index in [4.69, 9.17) is 4.74 Å². The van der Waals surface area contributed by atoms with Gasteiger partial charge in [0.2, 0.25) is 0 Å². The summed E-state index contributed by atoms with van der Waals surface area (Å²) in [4.78, 5) is 17.6. The van der Waals surface area contributed by atoms with Gasteiger partial charge >= 0.3 is 0 Å². The van der Waals surface area contributed by atoms with Crippen LogP contribution in [0.15, 0.2) is 54.6 Å². The third-order valence-corrected chi connectivity index (χ3v) is 5.91. The van der Waals surface area contributed by atoms with Crippen LogP contribution in [0.2, 0.25) is 0 Å². The summed E-state index contributed by atoms with van der Waals surface area (Å²) in [5, 5.41) is 0. The van der Waals surface area contributed by atoms with E-state index in [1.807, 2.05) is 36.1 Å². The molecule has 2 aromatic carbocycles. The number of aryl methyl sites for hydroxylation is 2. The van der Waals surface area contributed by atoms with Crippen LogP contribution in [-0.2, 0) is 0 Å². The van der Waals surface area contributed by atoms with Gasteiger partial charge in [-0.1, -0.05) is 24.3 Å². The Morgan fingerprint density at radius 1 is 0.900 bits per heavy atom. The number of rotatable bonds is 4. The fourth-order valence-corrected chi connectivity index (χ4v) is 4.36. The second kappa shape index (κ2) is 8.27. The molecule has 4 rings (SSSR count). The van der Waals surface area contributed by atoms with Crippen LogP contribution in [0.5, 0.6) is 5.75 Å². The van der Waals surface area contributed by atoms with Crippen molar-refractivity contribution < 1.29 is 9.53 Å². The summed E-state index contributed by atoms with van der Waals surface area (Å²) in [7, 11) is 1.70. The van der Waals surface area contributed by atoms with Crippen molar-refractivity contribution in [1.29, 1.82) is 0 Å². The van der Waals surface area contributed by atoms with Crippen molar-refractivity contribution in [3.8, 4) is 11.4 Å². The van der Waals surface area contributed by atoms with E-state index in [1.165, 1.54) is 5.56 Å². The van der Waals surface area contributed by atoms with E-state index in [1.54, 1.807) is 7.11 Å². The third kappa shape index (κ3) is 3.67. The highest BCUT2D eigenvalue weighted by Gasteiger charge is 2.26. The molecule has 1 aliphatic heterocycles. The van der Waals surface area contributed by atoms with Crippen molar-refractivity contribution >= 4 is 11.6 Å². The van der Waals surface area contributed by atoms with Gasteiger partial charge in [-0.25, -0.2) is 0 Å². The number of methoxy groups -OCH3 is 1. The fourth-order valence-electron chi connectivity index (χ4n) is 4.36. The molecule has 1 amide bonds. The summed E-state index contributed by atoms with van der Waals surface area (Å²) in [6, 6.07) is 18.5. The first-order valence-corrected chi connectivity index (χ1v) is 10.4. The SMILES string of the molecule is COc1ccccc1N1CCN(C(=O)c2cc(C)n(-c3cccc(C)c3)c2C)CC1. The van der Waals surface area contributed by atoms with E-state index in [-0.39, 0.29) is 5.91 Å². The molecule has 156 valence electrons. The van der Waals surface area contributed by atoms with Gasteiger partial charge in [-0.15, -0.1) is 0 Å². The topological polar surface area (TPSA) is 37.7 Å². The van der Waals surface area contributed by atoms with Crippen LogP contribution in [0.4, 0.5) is 5.69 Å². The average Bonchev–Trinajstić information content (AvgIpc) is 3.07. The predicted octanol–water partition coefficient (Wildman–Crippen LogP) is 4.37. The number of hydrogen-bond acceptors (Lipinski definition) is 3. The Kier molecular flexibility index (Phi) is 5.53. The standard InChI is InChI=1S/C25H29N3O2/c1-18-8-7-9-21(16-18)28-19(2)17-22(20(28)3)25(29)27-14-12-26(13-15-27)23-10-5-6-11-24(23)30-4/h5-11,16-17H,12-15H2,1-4H3. The maximum absolute atomic E-state index is 13.3. The van der Waals surface area contributed by atoms with Crippen molar-refractivity contribution in [2.45, 2.75) is 20.8 Å². The minimum Gasteiger partial charge on any atom is -0.495 e. The van der Waals surface area contributed by atoms with E-state index < -0.39 is 0 Å². The molecule has 0 spiro atoms. The van der Waals surface area contributed by atoms with E-state index in [0.29, 0.717) is 13.1 Å². The maximum atomic E-state index is 13.3. The van der Waals surface area contributed by atoms with Crippen LogP contribution in [0.3, 0.4) is 0 Å². The molecule has 0 saturated carbocycles. The number of amides is 1. The zero-order valence-corrected chi connectivity index (χ0v) is 18.2. The fraction of sp³-hybridized carbons (Fsp3) is 0.320. The highest BCUT2D eigenvalue weighted by Crippen LogP contribution is 2.29. The van der Waals surface area contributed by atoms with Crippen molar-refractivity contribution in [3.05, 3.63) is 77.1 Å². The van der Waals surface area contributed by atoms with Crippen LogP contribution >= 0.6 is 0 Å². The number of benzene rings is 2. The van der Waals surface area contributed by atoms with Crippen molar-refractivity contribution in [3.63, 3.8) is 0 Å². The van der Waals surface area contributed by atoms with Crippen molar-refractivity contribution in [2.24, 2.45) is 0 Å². The average molecular weight is 404 g/mol. The van der Waals surface area contributed by atoms with E-state index in [2.05, 4.69) is 53.6 Å². The van der Waals surface area contributed by atoms with Gasteiger partial charge in [0.15, 0.2) is 0 Å². The van der Waals surface area contributed by atoms with E-state index in [0.717, 1.165) is 47.2 Å². The Morgan fingerprint density at radius 2 is 1.63 bits per heavy atom. The molecule has 0 atom stereocenters. The number of para-hydroxylation sites is 2. The zero-order chi connectivity index (χ0) is 21.3. The first-order valence-electron chi connectivity index (χ1n) is 10.4. The number of carbonyl (C=O) groups excluding carboxylic acids is 1. The summed E-state index contributed by atoms with van der Waals surface area (Å²) in [5.74, 6) is 0.987. The van der Waals surface area contributed by atoms with Crippen molar-refractivity contribution in [1.82, 2.24) is 9.47 Å². The molecule has 1 aliphatic rings. The van der Waals surface area contributed by atoms with Gasteiger partial charge in [0.05, 0.1) is 18.4 Å². The lowest BCUT2D eigenvalue weighted by Crippen LogP contribution is -2.49. The second-order valence-corrected chi connectivity index (χ2v) is 7.91. The van der Waals surface area contributed by atoms with Crippen LogP contribution < -0.4 is 9.64 Å². The van der Waals surface area contributed by atoms with Crippen LogP contribution in [0, 0.1) is 20.8 Å². The number of aromatic nitrogens is 1. The molecule has 0 unspecified atom stereocenters. The summed E-state index contributed by atoms with van der Waals surface area (Å²) in [6.45, 7) is 9.17. The molecule has 5 nitrogen and oxygen atoms in total. The molecular weight excluding hydrogens is 374 g/mol. The van der Waals surface area contributed by atoms with Gasteiger partial charge in [-0.2, -0.15) is 0 Å². The van der Waals surface area contributed by atoms with Gasteiger partial charge in [-0.05, 0) is 56.7 Å². The first-order chi connectivity index (χ1) is 14.5. The smallest absolute Gasteiger partial charge is 0.255 e. The van der Waals surface area contributed by atoms with E-state index in [9.17, 15) is 4.79 Å². The molecule has 0 N–H and O–H groups in total. The third-order valence-electron chi connectivity index (χ3n) is 5.91. The minimum absolute atomic E-state index is 0.113. The van der Waals surface area contributed by atoms with Crippen LogP contribution in [0.1, 0.15) is 27.3 Å². The van der Waals surface area contributed by atoms with Gasteiger partial charge in [-0.3, -0.25) is 4.79 Å². The molecule has 1 fully saturated rings. The Labute approximate surface area is 178 Å². The summed E-state index contributed by atoms with van der Waals surface area (Å²) in [6.07, 6.45) is 0. The molecule has 1 saturated heterocycles. The lowest BCUT2D eigenvalue weighted by Gasteiger charge is -2.36.